The molecule has 0 saturated carbocycles. The number of anilines is 3. The molecule has 0 aliphatic rings. The minimum Gasteiger partial charge on any atom is -0.493 e. The second kappa shape index (κ2) is 10.9. The Morgan fingerprint density at radius 3 is 2.35 bits per heavy atom. The molecule has 0 atom stereocenters. The van der Waals surface area contributed by atoms with Crippen molar-refractivity contribution < 1.29 is 14.3 Å². The minimum atomic E-state index is -0.0577. The predicted octanol–water partition coefficient (Wildman–Crippen LogP) is 4.24. The molecule has 162 valence electrons. The Morgan fingerprint density at radius 2 is 1.61 bits per heavy atom. The van der Waals surface area contributed by atoms with Crippen molar-refractivity contribution in [2.45, 2.75) is 6.42 Å². The summed E-state index contributed by atoms with van der Waals surface area (Å²) in [6, 6.07) is 23.8. The summed E-state index contributed by atoms with van der Waals surface area (Å²) in [6.07, 6.45) is 0.708. The maximum absolute atomic E-state index is 12.3. The highest BCUT2D eigenvalue weighted by atomic mass is 16.5. The Hall–Kier alpha value is -3.67. The van der Waals surface area contributed by atoms with Gasteiger partial charge in [0.05, 0.1) is 32.1 Å². The maximum Gasteiger partial charge on any atom is 0.239 e. The first-order chi connectivity index (χ1) is 15.1. The summed E-state index contributed by atoms with van der Waals surface area (Å²) < 4.78 is 10.6. The van der Waals surface area contributed by atoms with Gasteiger partial charge in [-0.15, -0.1) is 0 Å². The zero-order chi connectivity index (χ0) is 22.1. The van der Waals surface area contributed by atoms with E-state index in [4.69, 9.17) is 9.47 Å². The van der Waals surface area contributed by atoms with E-state index in [0.29, 0.717) is 24.5 Å². The third-order valence-electron chi connectivity index (χ3n) is 5.03. The van der Waals surface area contributed by atoms with Crippen molar-refractivity contribution in [2.75, 3.05) is 44.6 Å². The third kappa shape index (κ3) is 5.92. The second-order valence-corrected chi connectivity index (χ2v) is 7.05. The molecule has 0 aliphatic heterocycles. The van der Waals surface area contributed by atoms with Gasteiger partial charge in [-0.1, -0.05) is 36.4 Å². The summed E-state index contributed by atoms with van der Waals surface area (Å²) in [7, 11) is 5.24. The molecular formula is C25H29N3O3. The molecule has 0 radical (unpaired) electrons. The first-order valence-corrected chi connectivity index (χ1v) is 10.2. The number of carbonyl (C=O) groups is 1. The summed E-state index contributed by atoms with van der Waals surface area (Å²) in [5.74, 6) is 1.32. The number of methoxy groups -OCH3 is 2. The van der Waals surface area contributed by atoms with Crippen LogP contribution in [0, 0.1) is 0 Å². The van der Waals surface area contributed by atoms with E-state index in [0.717, 1.165) is 22.6 Å². The molecule has 6 nitrogen and oxygen atoms in total. The van der Waals surface area contributed by atoms with E-state index >= 15 is 0 Å². The van der Waals surface area contributed by atoms with Gasteiger partial charge in [-0.2, -0.15) is 0 Å². The van der Waals surface area contributed by atoms with Gasteiger partial charge >= 0.3 is 0 Å². The highest BCUT2D eigenvalue weighted by molar-refractivity contribution is 5.83. The SMILES string of the molecule is COc1ccc(CCNC(=O)CNc2ccccc2N(C)c2ccccc2)cc1OC. The molecule has 3 aromatic carbocycles. The van der Waals surface area contributed by atoms with Gasteiger partial charge in [0.25, 0.3) is 0 Å². The summed E-state index contributed by atoms with van der Waals surface area (Å²) >= 11 is 0. The number of benzene rings is 3. The van der Waals surface area contributed by atoms with Crippen LogP contribution < -0.4 is 25.0 Å². The first-order valence-electron chi connectivity index (χ1n) is 10.2. The van der Waals surface area contributed by atoms with Gasteiger partial charge in [-0.3, -0.25) is 4.79 Å². The smallest absolute Gasteiger partial charge is 0.239 e. The molecule has 3 aromatic rings. The molecular weight excluding hydrogens is 390 g/mol. The topological polar surface area (TPSA) is 62.8 Å². The van der Waals surface area contributed by atoms with E-state index in [1.807, 2.05) is 67.7 Å². The van der Waals surface area contributed by atoms with Crippen LogP contribution in [-0.4, -0.2) is 40.3 Å². The van der Waals surface area contributed by atoms with Crippen LogP contribution in [-0.2, 0) is 11.2 Å². The number of nitrogens with zero attached hydrogens (tertiary/aromatic N) is 1. The van der Waals surface area contributed by atoms with Gasteiger partial charge in [-0.05, 0) is 48.4 Å². The lowest BCUT2D eigenvalue weighted by Gasteiger charge is -2.23. The molecule has 0 fully saturated rings. The molecule has 0 heterocycles. The van der Waals surface area contributed by atoms with E-state index in [9.17, 15) is 4.79 Å². The zero-order valence-electron chi connectivity index (χ0n) is 18.2. The summed E-state index contributed by atoms with van der Waals surface area (Å²) in [5.41, 5.74) is 4.06. The second-order valence-electron chi connectivity index (χ2n) is 7.05. The van der Waals surface area contributed by atoms with Gasteiger partial charge in [-0.25, -0.2) is 0 Å². The van der Waals surface area contributed by atoms with Crippen LogP contribution >= 0.6 is 0 Å². The fourth-order valence-corrected chi connectivity index (χ4v) is 3.33. The number of nitrogens with one attached hydrogen (secondary N) is 2. The molecule has 1 amide bonds. The third-order valence-corrected chi connectivity index (χ3v) is 5.03. The predicted molar refractivity (Wildman–Crippen MR) is 126 cm³/mol. The Labute approximate surface area is 183 Å². The van der Waals surface area contributed by atoms with Crippen molar-refractivity contribution >= 4 is 23.0 Å². The van der Waals surface area contributed by atoms with Gasteiger partial charge in [0.2, 0.25) is 5.91 Å². The molecule has 31 heavy (non-hydrogen) atoms. The average Bonchev–Trinajstić information content (AvgIpc) is 2.83. The molecule has 0 aliphatic carbocycles. The van der Waals surface area contributed by atoms with Gasteiger partial charge in [0.1, 0.15) is 0 Å². The van der Waals surface area contributed by atoms with E-state index in [2.05, 4.69) is 27.7 Å². The van der Waals surface area contributed by atoms with Crippen molar-refractivity contribution in [1.82, 2.24) is 5.32 Å². The van der Waals surface area contributed by atoms with Gasteiger partial charge in [0.15, 0.2) is 11.5 Å². The average molecular weight is 420 g/mol. The lowest BCUT2D eigenvalue weighted by molar-refractivity contribution is -0.119. The lowest BCUT2D eigenvalue weighted by Crippen LogP contribution is -2.31. The number of hydrogen-bond donors (Lipinski definition) is 2. The van der Waals surface area contributed by atoms with Crippen molar-refractivity contribution in [1.29, 1.82) is 0 Å². The zero-order valence-corrected chi connectivity index (χ0v) is 18.2. The Kier molecular flexibility index (Phi) is 7.76. The van der Waals surface area contributed by atoms with Crippen LogP contribution in [0.4, 0.5) is 17.1 Å². The molecule has 6 heteroatoms. The highest BCUT2D eigenvalue weighted by Crippen LogP contribution is 2.30. The van der Waals surface area contributed by atoms with Crippen LogP contribution in [0.5, 0.6) is 11.5 Å². The van der Waals surface area contributed by atoms with Crippen LogP contribution in [0.1, 0.15) is 5.56 Å². The molecule has 0 saturated heterocycles. The van der Waals surface area contributed by atoms with Crippen molar-refractivity contribution in [3.8, 4) is 11.5 Å². The monoisotopic (exact) mass is 419 g/mol. The Bertz CT molecular complexity index is 992. The largest absolute Gasteiger partial charge is 0.493 e. The van der Waals surface area contributed by atoms with E-state index in [-0.39, 0.29) is 12.5 Å². The quantitative estimate of drug-likeness (QED) is 0.515. The molecule has 0 spiro atoms. The molecule has 0 aromatic heterocycles. The minimum absolute atomic E-state index is 0.0577. The Balaban J connectivity index is 1.52. The van der Waals surface area contributed by atoms with Crippen LogP contribution in [0.15, 0.2) is 72.8 Å². The molecule has 3 rings (SSSR count). The maximum atomic E-state index is 12.3. The Morgan fingerprint density at radius 1 is 0.903 bits per heavy atom. The van der Waals surface area contributed by atoms with E-state index in [1.54, 1.807) is 14.2 Å². The summed E-state index contributed by atoms with van der Waals surface area (Å²) in [6.45, 7) is 0.743. The fraction of sp³-hybridized carbons (Fsp3) is 0.240. The number of carbonyl (C=O) groups excluding carboxylic acids is 1. The van der Waals surface area contributed by atoms with Crippen LogP contribution in [0.2, 0.25) is 0 Å². The molecule has 2 N–H and O–H groups in total. The first kappa shape index (κ1) is 22.0. The summed E-state index contributed by atoms with van der Waals surface area (Å²) in [4.78, 5) is 14.4. The standard InChI is InChI=1S/C25H29N3O3/c1-28(20-9-5-4-6-10-20)22-12-8-7-11-21(22)27-18-25(29)26-16-15-19-13-14-23(30-2)24(17-19)31-3/h4-14,17,27H,15-16,18H2,1-3H3,(H,26,29). The molecule has 0 unspecified atom stereocenters. The van der Waals surface area contributed by atoms with Crippen molar-refractivity contribution in [3.63, 3.8) is 0 Å². The van der Waals surface area contributed by atoms with Crippen LogP contribution in [0.3, 0.4) is 0 Å². The van der Waals surface area contributed by atoms with Gasteiger partial charge in [0, 0.05) is 19.3 Å². The molecule has 0 bridgehead atoms. The number of para-hydroxylation sites is 3. The number of amides is 1. The van der Waals surface area contributed by atoms with Crippen LogP contribution in [0.25, 0.3) is 0 Å². The van der Waals surface area contributed by atoms with Gasteiger partial charge < -0.3 is 25.0 Å². The van der Waals surface area contributed by atoms with E-state index < -0.39 is 0 Å². The lowest BCUT2D eigenvalue weighted by atomic mass is 10.1. The number of rotatable bonds is 10. The normalized spacial score (nSPS) is 10.3. The van der Waals surface area contributed by atoms with Crippen molar-refractivity contribution in [3.05, 3.63) is 78.4 Å². The van der Waals surface area contributed by atoms with E-state index in [1.165, 1.54) is 0 Å². The number of ether oxygens (including phenoxy) is 2. The highest BCUT2D eigenvalue weighted by Gasteiger charge is 2.10. The summed E-state index contributed by atoms with van der Waals surface area (Å²) in [5, 5.41) is 6.22. The number of hydrogen-bond acceptors (Lipinski definition) is 5. The van der Waals surface area contributed by atoms with Crippen molar-refractivity contribution in [2.24, 2.45) is 0 Å². The fourth-order valence-electron chi connectivity index (χ4n) is 3.33.